The highest BCUT2D eigenvalue weighted by atomic mass is 32.2. The SMILES string of the molecule is COC(=O)c1ccccc1S(=O)(=O)N1CCC(C(=O)O[C@@H](C)C(=O)N(C)Cc2ccccc2)CC1. The largest absolute Gasteiger partial charge is 0.465 e. The molecule has 1 atom stereocenters. The number of rotatable bonds is 8. The molecule has 0 aliphatic carbocycles. The number of nitrogens with zero attached hydrogens (tertiary/aromatic N) is 2. The van der Waals surface area contributed by atoms with Crippen LogP contribution in [0.1, 0.15) is 35.7 Å². The minimum Gasteiger partial charge on any atom is -0.465 e. The Balaban J connectivity index is 1.57. The van der Waals surface area contributed by atoms with E-state index in [2.05, 4.69) is 0 Å². The Hall–Kier alpha value is -3.24. The van der Waals surface area contributed by atoms with Gasteiger partial charge in [0.15, 0.2) is 6.10 Å². The van der Waals surface area contributed by atoms with E-state index < -0.39 is 34.0 Å². The molecular weight excluding hydrogens is 472 g/mol. The van der Waals surface area contributed by atoms with Gasteiger partial charge < -0.3 is 14.4 Å². The zero-order valence-electron chi connectivity index (χ0n) is 20.0. The van der Waals surface area contributed by atoms with E-state index in [1.165, 1.54) is 41.4 Å². The molecule has 0 aromatic heterocycles. The van der Waals surface area contributed by atoms with Gasteiger partial charge in [0.1, 0.15) is 0 Å². The molecule has 10 heteroatoms. The van der Waals surface area contributed by atoms with Crippen molar-refractivity contribution >= 4 is 27.9 Å². The second-order valence-electron chi connectivity index (χ2n) is 8.43. The number of hydrogen-bond acceptors (Lipinski definition) is 7. The number of methoxy groups -OCH3 is 1. The van der Waals surface area contributed by atoms with Crippen LogP contribution in [0.2, 0.25) is 0 Å². The predicted molar refractivity (Wildman–Crippen MR) is 128 cm³/mol. The molecule has 1 amide bonds. The topological polar surface area (TPSA) is 110 Å². The highest BCUT2D eigenvalue weighted by Crippen LogP contribution is 2.27. The number of sulfonamides is 1. The summed E-state index contributed by atoms with van der Waals surface area (Å²) in [5.41, 5.74) is 0.924. The summed E-state index contributed by atoms with van der Waals surface area (Å²) in [7, 11) is -1.12. The fourth-order valence-electron chi connectivity index (χ4n) is 4.01. The van der Waals surface area contributed by atoms with Gasteiger partial charge >= 0.3 is 11.9 Å². The number of carbonyl (C=O) groups excluding carboxylic acids is 3. The Labute approximate surface area is 205 Å². The van der Waals surface area contributed by atoms with Gasteiger partial charge in [-0.05, 0) is 37.5 Å². The van der Waals surface area contributed by atoms with Gasteiger partial charge in [0.2, 0.25) is 10.0 Å². The molecule has 3 rings (SSSR count). The van der Waals surface area contributed by atoms with Crippen LogP contribution < -0.4 is 0 Å². The van der Waals surface area contributed by atoms with Crippen molar-refractivity contribution in [2.45, 2.75) is 37.3 Å². The van der Waals surface area contributed by atoms with Crippen molar-refractivity contribution in [1.82, 2.24) is 9.21 Å². The van der Waals surface area contributed by atoms with Gasteiger partial charge in [-0.1, -0.05) is 42.5 Å². The van der Waals surface area contributed by atoms with Crippen molar-refractivity contribution < 1.29 is 32.3 Å². The maximum absolute atomic E-state index is 13.1. The van der Waals surface area contributed by atoms with Crippen LogP contribution in [-0.2, 0) is 35.6 Å². The summed E-state index contributed by atoms with van der Waals surface area (Å²) in [6.07, 6.45) is -0.455. The van der Waals surface area contributed by atoms with Crippen LogP contribution in [-0.4, -0.2) is 68.8 Å². The number of esters is 2. The number of piperidine rings is 1. The fourth-order valence-corrected chi connectivity index (χ4v) is 5.66. The standard InChI is InChI=1S/C25H30N2O7S/c1-18(23(28)26(2)17-19-9-5-4-6-10-19)34-24(29)20-13-15-27(16-14-20)35(31,32)22-12-8-7-11-21(22)25(30)33-3/h4-12,18,20H,13-17H2,1-3H3/t18-/m0/s1. The maximum atomic E-state index is 13.1. The zero-order valence-corrected chi connectivity index (χ0v) is 20.9. The average molecular weight is 503 g/mol. The molecule has 188 valence electrons. The van der Waals surface area contributed by atoms with Gasteiger partial charge in [-0.2, -0.15) is 4.31 Å². The van der Waals surface area contributed by atoms with Crippen LogP contribution in [0.5, 0.6) is 0 Å². The van der Waals surface area contributed by atoms with Crippen molar-refractivity contribution in [1.29, 1.82) is 0 Å². The van der Waals surface area contributed by atoms with Gasteiger partial charge in [-0.3, -0.25) is 9.59 Å². The third-order valence-electron chi connectivity index (χ3n) is 5.98. The Morgan fingerprint density at radius 1 is 1.03 bits per heavy atom. The minimum absolute atomic E-state index is 0.0384. The molecule has 0 radical (unpaired) electrons. The minimum atomic E-state index is -3.95. The molecule has 9 nitrogen and oxygen atoms in total. The van der Waals surface area contributed by atoms with Crippen LogP contribution in [0.3, 0.4) is 0 Å². The number of ether oxygens (including phenoxy) is 2. The summed E-state index contributed by atoms with van der Waals surface area (Å²) in [4.78, 5) is 38.7. The van der Waals surface area contributed by atoms with Crippen LogP contribution in [0, 0.1) is 5.92 Å². The van der Waals surface area contributed by atoms with E-state index in [-0.39, 0.29) is 42.3 Å². The Kier molecular flexibility index (Phi) is 8.63. The third kappa shape index (κ3) is 6.26. The molecule has 1 saturated heterocycles. The predicted octanol–water partition coefficient (Wildman–Crippen LogP) is 2.46. The van der Waals surface area contributed by atoms with Crippen molar-refractivity contribution in [3.63, 3.8) is 0 Å². The van der Waals surface area contributed by atoms with Crippen molar-refractivity contribution in [2.24, 2.45) is 5.92 Å². The molecule has 1 aliphatic rings. The smallest absolute Gasteiger partial charge is 0.339 e. The first-order valence-corrected chi connectivity index (χ1v) is 12.8. The lowest BCUT2D eigenvalue weighted by molar-refractivity contribution is -0.163. The van der Waals surface area contributed by atoms with E-state index >= 15 is 0 Å². The van der Waals surface area contributed by atoms with Crippen LogP contribution in [0.15, 0.2) is 59.5 Å². The Morgan fingerprint density at radius 2 is 1.63 bits per heavy atom. The Bertz CT molecular complexity index is 1160. The molecule has 1 heterocycles. The van der Waals surface area contributed by atoms with E-state index in [4.69, 9.17) is 9.47 Å². The van der Waals surface area contributed by atoms with E-state index in [0.717, 1.165) is 5.56 Å². The Morgan fingerprint density at radius 3 is 2.26 bits per heavy atom. The zero-order chi connectivity index (χ0) is 25.6. The van der Waals surface area contributed by atoms with Gasteiger partial charge in [-0.15, -0.1) is 0 Å². The first-order valence-electron chi connectivity index (χ1n) is 11.3. The molecule has 0 unspecified atom stereocenters. The molecule has 1 aliphatic heterocycles. The maximum Gasteiger partial charge on any atom is 0.339 e. The quantitative estimate of drug-likeness (QED) is 0.510. The summed E-state index contributed by atoms with van der Waals surface area (Å²) >= 11 is 0. The monoisotopic (exact) mass is 502 g/mol. The highest BCUT2D eigenvalue weighted by molar-refractivity contribution is 7.89. The van der Waals surface area contributed by atoms with Crippen molar-refractivity contribution in [3.8, 4) is 0 Å². The summed E-state index contributed by atoms with van der Waals surface area (Å²) in [5, 5.41) is 0. The number of likely N-dealkylation sites (N-methyl/N-ethyl adjacent to an activating group) is 1. The molecule has 0 bridgehead atoms. The molecule has 2 aromatic rings. The highest BCUT2D eigenvalue weighted by Gasteiger charge is 2.35. The number of hydrogen-bond donors (Lipinski definition) is 0. The summed E-state index contributed by atoms with van der Waals surface area (Å²) in [5.74, 6) is -2.10. The third-order valence-corrected chi connectivity index (χ3v) is 7.93. The second kappa shape index (κ2) is 11.5. The van der Waals surface area contributed by atoms with Crippen molar-refractivity contribution in [2.75, 3.05) is 27.2 Å². The lowest BCUT2D eigenvalue weighted by Crippen LogP contribution is -2.43. The fraction of sp³-hybridized carbons (Fsp3) is 0.400. The molecule has 2 aromatic carbocycles. The van der Waals surface area contributed by atoms with Crippen LogP contribution >= 0.6 is 0 Å². The normalized spacial score (nSPS) is 15.7. The first-order chi connectivity index (χ1) is 16.6. The van der Waals surface area contributed by atoms with Crippen LogP contribution in [0.25, 0.3) is 0 Å². The van der Waals surface area contributed by atoms with E-state index in [9.17, 15) is 22.8 Å². The lowest BCUT2D eigenvalue weighted by atomic mass is 9.98. The average Bonchev–Trinajstić information content (AvgIpc) is 2.88. The van der Waals surface area contributed by atoms with Gasteiger partial charge in [0.05, 0.1) is 23.5 Å². The molecular formula is C25H30N2O7S. The summed E-state index contributed by atoms with van der Waals surface area (Å²) in [6, 6.07) is 15.3. The molecule has 0 N–H and O–H groups in total. The molecule has 1 fully saturated rings. The number of carbonyl (C=O) groups is 3. The molecule has 0 spiro atoms. The summed E-state index contributed by atoms with van der Waals surface area (Å²) < 4.78 is 37.7. The number of amides is 1. The summed E-state index contributed by atoms with van der Waals surface area (Å²) in [6.45, 7) is 2.11. The van der Waals surface area contributed by atoms with Gasteiger partial charge in [-0.25, -0.2) is 13.2 Å². The van der Waals surface area contributed by atoms with Gasteiger partial charge in [0.25, 0.3) is 5.91 Å². The van der Waals surface area contributed by atoms with Crippen LogP contribution in [0.4, 0.5) is 0 Å². The van der Waals surface area contributed by atoms with E-state index in [0.29, 0.717) is 6.54 Å². The first kappa shape index (κ1) is 26.4. The van der Waals surface area contributed by atoms with Gasteiger partial charge in [0, 0.05) is 26.7 Å². The van der Waals surface area contributed by atoms with E-state index in [1.54, 1.807) is 13.1 Å². The van der Waals surface area contributed by atoms with Crippen molar-refractivity contribution in [3.05, 3.63) is 65.7 Å². The lowest BCUT2D eigenvalue weighted by Gasteiger charge is -2.31. The molecule has 0 saturated carbocycles. The molecule has 35 heavy (non-hydrogen) atoms. The van der Waals surface area contributed by atoms with E-state index in [1.807, 2.05) is 30.3 Å². The number of benzene rings is 2. The second-order valence-corrected chi connectivity index (χ2v) is 10.3.